The molecule has 1 unspecified atom stereocenters. The SMILES string of the molecule is CCNC(=O)CCNC(C)c1cccc(C)c1. The van der Waals surface area contributed by atoms with Gasteiger partial charge in [0.2, 0.25) is 5.91 Å². The molecule has 17 heavy (non-hydrogen) atoms. The molecule has 1 atom stereocenters. The van der Waals surface area contributed by atoms with Crippen LogP contribution < -0.4 is 10.6 Å². The van der Waals surface area contributed by atoms with Gasteiger partial charge >= 0.3 is 0 Å². The van der Waals surface area contributed by atoms with Crippen molar-refractivity contribution in [3.8, 4) is 0 Å². The van der Waals surface area contributed by atoms with E-state index in [1.807, 2.05) is 6.92 Å². The summed E-state index contributed by atoms with van der Waals surface area (Å²) in [4.78, 5) is 11.3. The van der Waals surface area contributed by atoms with E-state index in [0.717, 1.165) is 0 Å². The van der Waals surface area contributed by atoms with Gasteiger partial charge in [-0.15, -0.1) is 0 Å². The third-order valence-corrected chi connectivity index (χ3v) is 2.72. The number of nitrogens with one attached hydrogen (secondary N) is 2. The van der Waals surface area contributed by atoms with Crippen LogP contribution in [0.15, 0.2) is 24.3 Å². The lowest BCUT2D eigenvalue weighted by Gasteiger charge is -2.14. The number of aryl methyl sites for hydroxylation is 1. The Morgan fingerprint density at radius 2 is 2.18 bits per heavy atom. The number of hydrogen-bond acceptors (Lipinski definition) is 2. The molecule has 1 amide bonds. The minimum atomic E-state index is 0.108. The van der Waals surface area contributed by atoms with E-state index in [1.165, 1.54) is 11.1 Å². The molecule has 1 aromatic rings. The van der Waals surface area contributed by atoms with Crippen LogP contribution in [-0.4, -0.2) is 19.0 Å². The molecule has 0 aromatic heterocycles. The van der Waals surface area contributed by atoms with Gasteiger partial charge in [0.1, 0.15) is 0 Å². The Hall–Kier alpha value is -1.35. The van der Waals surface area contributed by atoms with Crippen LogP contribution >= 0.6 is 0 Å². The molecule has 0 spiro atoms. The first-order chi connectivity index (χ1) is 8.13. The summed E-state index contributed by atoms with van der Waals surface area (Å²) in [6.07, 6.45) is 0.532. The summed E-state index contributed by atoms with van der Waals surface area (Å²) in [5.74, 6) is 0.108. The lowest BCUT2D eigenvalue weighted by atomic mass is 10.1. The van der Waals surface area contributed by atoms with Crippen LogP contribution in [0.4, 0.5) is 0 Å². The molecule has 3 nitrogen and oxygen atoms in total. The first-order valence-corrected chi connectivity index (χ1v) is 6.20. The second-order valence-corrected chi connectivity index (χ2v) is 4.29. The summed E-state index contributed by atoms with van der Waals surface area (Å²) >= 11 is 0. The van der Waals surface area contributed by atoms with Gasteiger partial charge in [0.15, 0.2) is 0 Å². The summed E-state index contributed by atoms with van der Waals surface area (Å²) < 4.78 is 0. The summed E-state index contributed by atoms with van der Waals surface area (Å²) in [6, 6.07) is 8.71. The van der Waals surface area contributed by atoms with E-state index in [0.29, 0.717) is 19.5 Å². The number of hydrogen-bond donors (Lipinski definition) is 2. The molecule has 0 aliphatic carbocycles. The molecule has 3 heteroatoms. The van der Waals surface area contributed by atoms with Crippen molar-refractivity contribution in [3.63, 3.8) is 0 Å². The summed E-state index contributed by atoms with van der Waals surface area (Å²) in [5.41, 5.74) is 2.53. The van der Waals surface area contributed by atoms with Crippen LogP contribution in [-0.2, 0) is 4.79 Å². The van der Waals surface area contributed by atoms with Crippen molar-refractivity contribution in [1.82, 2.24) is 10.6 Å². The highest BCUT2D eigenvalue weighted by atomic mass is 16.1. The second kappa shape index (κ2) is 7.07. The van der Waals surface area contributed by atoms with Crippen LogP contribution in [0.2, 0.25) is 0 Å². The topological polar surface area (TPSA) is 41.1 Å². The van der Waals surface area contributed by atoms with Gasteiger partial charge < -0.3 is 10.6 Å². The van der Waals surface area contributed by atoms with Crippen molar-refractivity contribution in [2.75, 3.05) is 13.1 Å². The number of rotatable bonds is 6. The molecule has 0 saturated carbocycles. The van der Waals surface area contributed by atoms with E-state index in [1.54, 1.807) is 0 Å². The van der Waals surface area contributed by atoms with E-state index in [9.17, 15) is 4.79 Å². The van der Waals surface area contributed by atoms with Crippen molar-refractivity contribution in [1.29, 1.82) is 0 Å². The van der Waals surface area contributed by atoms with Crippen molar-refractivity contribution in [2.45, 2.75) is 33.2 Å². The van der Waals surface area contributed by atoms with Gasteiger partial charge in [0.25, 0.3) is 0 Å². The van der Waals surface area contributed by atoms with Gasteiger partial charge in [0.05, 0.1) is 0 Å². The minimum absolute atomic E-state index is 0.108. The third kappa shape index (κ3) is 5.00. The smallest absolute Gasteiger partial charge is 0.221 e. The zero-order chi connectivity index (χ0) is 12.7. The lowest BCUT2D eigenvalue weighted by molar-refractivity contribution is -0.120. The molecule has 0 bridgehead atoms. The predicted molar refractivity (Wildman–Crippen MR) is 70.9 cm³/mol. The van der Waals surface area contributed by atoms with Crippen LogP contribution in [0.25, 0.3) is 0 Å². The summed E-state index contributed by atoms with van der Waals surface area (Å²) in [5, 5.41) is 6.14. The lowest BCUT2D eigenvalue weighted by Crippen LogP contribution is -2.28. The maximum Gasteiger partial charge on any atom is 0.221 e. The number of carbonyl (C=O) groups is 1. The van der Waals surface area contributed by atoms with E-state index >= 15 is 0 Å². The molecule has 1 aromatic carbocycles. The molecular weight excluding hydrogens is 212 g/mol. The number of amides is 1. The van der Waals surface area contributed by atoms with Crippen LogP contribution in [0, 0.1) is 6.92 Å². The molecular formula is C14H22N2O. The van der Waals surface area contributed by atoms with Gasteiger partial charge in [-0.2, -0.15) is 0 Å². The normalized spacial score (nSPS) is 12.2. The Bertz CT molecular complexity index is 363. The Balaban J connectivity index is 2.35. The minimum Gasteiger partial charge on any atom is -0.356 e. The molecule has 94 valence electrons. The summed E-state index contributed by atoms with van der Waals surface area (Å²) in [6.45, 7) is 7.55. The molecule has 0 heterocycles. The largest absolute Gasteiger partial charge is 0.356 e. The Kier molecular flexibility index (Phi) is 5.70. The molecule has 0 aliphatic rings. The van der Waals surface area contributed by atoms with Crippen LogP contribution in [0.5, 0.6) is 0 Å². The predicted octanol–water partition coefficient (Wildman–Crippen LogP) is 2.17. The first-order valence-electron chi connectivity index (χ1n) is 6.20. The average Bonchev–Trinajstić information content (AvgIpc) is 2.29. The van der Waals surface area contributed by atoms with Gasteiger partial charge in [-0.3, -0.25) is 4.79 Å². The van der Waals surface area contributed by atoms with Gasteiger partial charge in [0, 0.05) is 25.6 Å². The van der Waals surface area contributed by atoms with E-state index in [-0.39, 0.29) is 11.9 Å². The fourth-order valence-corrected chi connectivity index (χ4v) is 1.75. The molecule has 0 fully saturated rings. The fourth-order valence-electron chi connectivity index (χ4n) is 1.75. The van der Waals surface area contributed by atoms with Gasteiger partial charge in [-0.1, -0.05) is 29.8 Å². The Morgan fingerprint density at radius 3 is 2.82 bits per heavy atom. The highest BCUT2D eigenvalue weighted by Gasteiger charge is 2.05. The van der Waals surface area contributed by atoms with Crippen LogP contribution in [0.1, 0.15) is 37.4 Å². The van der Waals surface area contributed by atoms with Crippen molar-refractivity contribution in [3.05, 3.63) is 35.4 Å². The van der Waals surface area contributed by atoms with Crippen LogP contribution in [0.3, 0.4) is 0 Å². The molecule has 0 saturated heterocycles. The maximum atomic E-state index is 11.3. The van der Waals surface area contributed by atoms with E-state index in [2.05, 4.69) is 48.7 Å². The Labute approximate surface area is 104 Å². The van der Waals surface area contributed by atoms with Crippen molar-refractivity contribution in [2.24, 2.45) is 0 Å². The number of benzene rings is 1. The molecule has 2 N–H and O–H groups in total. The standard InChI is InChI=1S/C14H22N2O/c1-4-15-14(17)8-9-16-12(3)13-7-5-6-11(2)10-13/h5-7,10,12,16H,4,8-9H2,1-3H3,(H,15,17). The first kappa shape index (κ1) is 13.7. The molecule has 0 radical (unpaired) electrons. The Morgan fingerprint density at radius 1 is 1.41 bits per heavy atom. The zero-order valence-corrected chi connectivity index (χ0v) is 10.9. The zero-order valence-electron chi connectivity index (χ0n) is 10.9. The molecule has 0 aliphatic heterocycles. The van der Waals surface area contributed by atoms with E-state index < -0.39 is 0 Å². The second-order valence-electron chi connectivity index (χ2n) is 4.29. The average molecular weight is 234 g/mol. The third-order valence-electron chi connectivity index (χ3n) is 2.72. The van der Waals surface area contributed by atoms with Gasteiger partial charge in [-0.25, -0.2) is 0 Å². The van der Waals surface area contributed by atoms with Crippen molar-refractivity contribution >= 4 is 5.91 Å². The van der Waals surface area contributed by atoms with Gasteiger partial charge in [-0.05, 0) is 26.3 Å². The quantitative estimate of drug-likeness (QED) is 0.792. The maximum absolute atomic E-state index is 11.3. The van der Waals surface area contributed by atoms with E-state index in [4.69, 9.17) is 0 Å². The highest BCUT2D eigenvalue weighted by molar-refractivity contribution is 5.75. The fraction of sp³-hybridized carbons (Fsp3) is 0.500. The van der Waals surface area contributed by atoms with Crippen molar-refractivity contribution < 1.29 is 4.79 Å². The monoisotopic (exact) mass is 234 g/mol. The number of carbonyl (C=O) groups excluding carboxylic acids is 1. The highest BCUT2D eigenvalue weighted by Crippen LogP contribution is 2.13. The molecule has 1 rings (SSSR count). The summed E-state index contributed by atoms with van der Waals surface area (Å²) in [7, 11) is 0.